The van der Waals surface area contributed by atoms with Gasteiger partial charge in [0, 0.05) is 0 Å². The Morgan fingerprint density at radius 2 is 2.60 bits per heavy atom. The fourth-order valence-electron chi connectivity index (χ4n) is 0.0196. The SMILES string of the molecule is [NH2][Ir][NH][C]=O. The monoisotopic (exact) mass is 252 g/mol. The minimum atomic E-state index is -0.667. The first kappa shape index (κ1) is 5.08. The fraction of sp³-hybridized carbons (Fsp3) is 0. The predicted octanol–water partition coefficient (Wildman–Crippen LogP) is -1.49. The van der Waals surface area contributed by atoms with Crippen molar-refractivity contribution in [2.24, 2.45) is 4.40 Å². The van der Waals surface area contributed by atoms with Crippen molar-refractivity contribution in [2.45, 2.75) is 0 Å². The van der Waals surface area contributed by atoms with E-state index in [1.54, 1.807) is 0 Å². The van der Waals surface area contributed by atoms with Crippen molar-refractivity contribution in [3.63, 3.8) is 0 Å². The molecule has 0 bridgehead atoms. The van der Waals surface area contributed by atoms with Crippen molar-refractivity contribution < 1.29 is 23.0 Å². The molecule has 0 atom stereocenters. The normalized spacial score (nSPS) is 7.40. The Bertz CT molecular complexity index is 30.8. The molecule has 0 rings (SSSR count). The van der Waals surface area contributed by atoms with Crippen LogP contribution < -0.4 is 8.39 Å². The third kappa shape index (κ3) is 4.08. The van der Waals surface area contributed by atoms with Crippen LogP contribution in [0.1, 0.15) is 0 Å². The number of carbonyl (C=O) groups excluding carboxylic acids is 1. The van der Waals surface area contributed by atoms with Crippen molar-refractivity contribution in [1.29, 1.82) is 0 Å². The van der Waals surface area contributed by atoms with Crippen LogP contribution in [-0.2, 0) is 23.0 Å². The molecule has 4 heteroatoms. The number of nitrogens with one attached hydrogen (secondary N) is 1. The van der Waals surface area contributed by atoms with Crippen LogP contribution in [-0.4, -0.2) is 6.41 Å². The van der Waals surface area contributed by atoms with Gasteiger partial charge in [-0.2, -0.15) is 0 Å². The van der Waals surface area contributed by atoms with Crippen molar-refractivity contribution in [3.05, 3.63) is 0 Å². The van der Waals surface area contributed by atoms with Gasteiger partial charge in [0.1, 0.15) is 0 Å². The minimum absolute atomic E-state index is 0.667. The van der Waals surface area contributed by atoms with E-state index in [1.165, 1.54) is 6.41 Å². The molecule has 3 N–H and O–H groups in total. The maximum atomic E-state index is 9.12. The summed E-state index contributed by atoms with van der Waals surface area (Å²) < 4.78 is 7.10. The first-order valence-corrected chi connectivity index (χ1v) is 3.39. The van der Waals surface area contributed by atoms with Crippen LogP contribution in [0.15, 0.2) is 0 Å². The number of hydrogen-bond acceptors (Lipinski definition) is 2. The van der Waals surface area contributed by atoms with Gasteiger partial charge in [-0.3, -0.25) is 0 Å². The van der Waals surface area contributed by atoms with E-state index in [9.17, 15) is 0 Å². The van der Waals surface area contributed by atoms with E-state index >= 15 is 0 Å². The van der Waals surface area contributed by atoms with E-state index in [4.69, 9.17) is 9.20 Å². The zero-order valence-corrected chi connectivity index (χ0v) is 4.71. The third-order valence-corrected chi connectivity index (χ3v) is 0.672. The molecule has 5 heavy (non-hydrogen) atoms. The van der Waals surface area contributed by atoms with Gasteiger partial charge < -0.3 is 0 Å². The molecule has 1 radical (unpaired) electrons. The van der Waals surface area contributed by atoms with Crippen LogP contribution in [0.3, 0.4) is 0 Å². The van der Waals surface area contributed by atoms with Gasteiger partial charge in [-0.25, -0.2) is 0 Å². The molecule has 0 fully saturated rings. The number of hydrogen-bond donors (Lipinski definition) is 2. The van der Waals surface area contributed by atoms with Crippen molar-refractivity contribution in [2.75, 3.05) is 0 Å². The average Bonchev–Trinajstić information content (AvgIpc) is 1.41. The van der Waals surface area contributed by atoms with Gasteiger partial charge in [0.25, 0.3) is 0 Å². The summed E-state index contributed by atoms with van der Waals surface area (Å²) in [7, 11) is 0. The van der Waals surface area contributed by atoms with Crippen LogP contribution in [0.25, 0.3) is 0 Å². The third-order valence-electron chi connectivity index (χ3n) is 0.0821. The molecule has 0 aromatic rings. The molecule has 1 amide bonds. The van der Waals surface area contributed by atoms with Crippen LogP contribution in [0.4, 0.5) is 0 Å². The maximum absolute atomic E-state index is 9.12. The van der Waals surface area contributed by atoms with Gasteiger partial charge in [-0.05, 0) is 0 Å². The Morgan fingerprint density at radius 3 is 2.60 bits per heavy atom. The molecular formula is CH3IrN2O. The summed E-state index contributed by atoms with van der Waals surface area (Å²) in [6.45, 7) is 0. The molecule has 32 valence electrons. The molecule has 3 nitrogen and oxygen atoms in total. The van der Waals surface area contributed by atoms with E-state index < -0.39 is 18.2 Å². The molecule has 0 aromatic carbocycles. The molecule has 0 spiro atoms. The Labute approximate surface area is 38.4 Å². The second kappa shape index (κ2) is 4.08. The van der Waals surface area contributed by atoms with Crippen LogP contribution in [0.5, 0.6) is 0 Å². The van der Waals surface area contributed by atoms with Gasteiger partial charge in [0.2, 0.25) is 0 Å². The quantitative estimate of drug-likeness (QED) is 0.588. The van der Waals surface area contributed by atoms with Gasteiger partial charge in [0.15, 0.2) is 0 Å². The average molecular weight is 251 g/mol. The topological polar surface area (TPSA) is 55.1 Å². The zero-order valence-electron chi connectivity index (χ0n) is 2.32. The summed E-state index contributed by atoms with van der Waals surface area (Å²) in [6, 6.07) is 0. The van der Waals surface area contributed by atoms with Crippen molar-refractivity contribution in [3.8, 4) is 0 Å². The van der Waals surface area contributed by atoms with E-state index in [0.29, 0.717) is 0 Å². The van der Waals surface area contributed by atoms with Gasteiger partial charge in [-0.1, -0.05) is 0 Å². The Balaban J connectivity index is 2.40. The van der Waals surface area contributed by atoms with Crippen LogP contribution >= 0.6 is 0 Å². The predicted molar refractivity (Wildman–Crippen MR) is 13.0 cm³/mol. The summed E-state index contributed by atoms with van der Waals surface area (Å²) in [6.07, 6.45) is 1.45. The molecule has 0 saturated carbocycles. The Morgan fingerprint density at radius 1 is 2.00 bits per heavy atom. The molecule has 0 aromatic heterocycles. The summed E-state index contributed by atoms with van der Waals surface area (Å²) in [4.78, 5) is 9.12. The second-order valence-electron chi connectivity index (χ2n) is 0.282. The molecule has 0 aliphatic carbocycles. The summed E-state index contributed by atoms with van der Waals surface area (Å²) in [5, 5.41) is 0. The number of amides is 1. The standard InChI is InChI=1S/CHNO.Ir.H2N/c2-1-3;;/h(H-,2,3);;1H2/q-1;+2;-1. The van der Waals surface area contributed by atoms with Gasteiger partial charge in [-0.15, -0.1) is 0 Å². The molecule has 0 unspecified atom stereocenters. The summed E-state index contributed by atoms with van der Waals surface area (Å²) >= 11 is -0.667. The fourth-order valence-corrected chi connectivity index (χ4v) is 0.161. The second-order valence-corrected chi connectivity index (χ2v) is 1.57. The molecule has 0 saturated heterocycles. The van der Waals surface area contributed by atoms with E-state index in [2.05, 4.69) is 3.99 Å². The molecule has 0 heterocycles. The molecule has 0 aliphatic heterocycles. The Kier molecular flexibility index (Phi) is 4.14. The van der Waals surface area contributed by atoms with Gasteiger partial charge >= 0.3 is 37.8 Å². The first-order valence-electron chi connectivity index (χ1n) is 0.813. The van der Waals surface area contributed by atoms with E-state index in [0.717, 1.165) is 0 Å². The van der Waals surface area contributed by atoms with Crippen LogP contribution in [0.2, 0.25) is 0 Å². The summed E-state index contributed by atoms with van der Waals surface area (Å²) in [5.41, 5.74) is 0. The van der Waals surface area contributed by atoms with Gasteiger partial charge in [0.05, 0.1) is 0 Å². The molecule has 0 aliphatic rings. The summed E-state index contributed by atoms with van der Waals surface area (Å²) in [5.74, 6) is 0. The zero-order chi connectivity index (χ0) is 4.12. The van der Waals surface area contributed by atoms with Crippen molar-refractivity contribution >= 4 is 6.41 Å². The number of rotatable bonds is 2. The van der Waals surface area contributed by atoms with Crippen LogP contribution in [0, 0.1) is 0 Å². The number of nitrogens with two attached hydrogens (primary N) is 1. The van der Waals surface area contributed by atoms with Crippen molar-refractivity contribution in [1.82, 2.24) is 3.99 Å². The van der Waals surface area contributed by atoms with E-state index in [1.807, 2.05) is 0 Å². The Hall–Kier alpha value is 0.0794. The van der Waals surface area contributed by atoms with E-state index in [-0.39, 0.29) is 0 Å². The first-order chi connectivity index (χ1) is 2.41. The molecular weight excluding hydrogens is 248 g/mol.